The molecule has 2 aromatic rings. The van der Waals surface area contributed by atoms with Gasteiger partial charge in [-0.25, -0.2) is 9.59 Å². The fourth-order valence-corrected chi connectivity index (χ4v) is 2.56. The van der Waals surface area contributed by atoms with Gasteiger partial charge >= 0.3 is 11.9 Å². The van der Waals surface area contributed by atoms with Gasteiger partial charge in [-0.2, -0.15) is 0 Å². The fraction of sp³-hybridized carbons (Fsp3) is 0.318. The van der Waals surface area contributed by atoms with Crippen molar-refractivity contribution >= 4 is 17.8 Å². The minimum absolute atomic E-state index is 0.0297. The maximum atomic E-state index is 12.5. The zero-order valence-electron chi connectivity index (χ0n) is 16.9. The molecule has 0 radical (unpaired) electrons. The van der Waals surface area contributed by atoms with Crippen LogP contribution in [0.15, 0.2) is 48.5 Å². The van der Waals surface area contributed by atoms with Gasteiger partial charge in [-0.1, -0.05) is 26.0 Å². The second-order valence-corrected chi connectivity index (χ2v) is 6.72. The lowest BCUT2D eigenvalue weighted by Crippen LogP contribution is -2.45. The Morgan fingerprint density at radius 1 is 0.897 bits per heavy atom. The van der Waals surface area contributed by atoms with Crippen LogP contribution in [0.3, 0.4) is 0 Å². The van der Waals surface area contributed by atoms with Crippen molar-refractivity contribution in [1.82, 2.24) is 5.32 Å². The maximum absolute atomic E-state index is 12.5. The van der Waals surface area contributed by atoms with Crippen molar-refractivity contribution in [3.8, 4) is 5.75 Å². The largest absolute Gasteiger partial charge is 0.497 e. The number of methoxy groups -OCH3 is 2. The molecule has 0 aromatic heterocycles. The molecule has 7 nitrogen and oxygen atoms in total. The molecule has 0 aliphatic heterocycles. The third-order valence-corrected chi connectivity index (χ3v) is 4.32. The molecule has 0 saturated heterocycles. The van der Waals surface area contributed by atoms with Gasteiger partial charge in [0.25, 0.3) is 5.91 Å². The molecular formula is C22H25NO6. The van der Waals surface area contributed by atoms with Crippen LogP contribution in [0.4, 0.5) is 0 Å². The Bertz CT molecular complexity index is 843. The number of esters is 2. The highest BCUT2D eigenvalue weighted by atomic mass is 16.5. The Balaban J connectivity index is 1.97. The van der Waals surface area contributed by atoms with Crippen LogP contribution in [0.5, 0.6) is 5.75 Å². The molecule has 2 aromatic carbocycles. The number of carbonyl (C=O) groups excluding carboxylic acids is 3. The van der Waals surface area contributed by atoms with E-state index in [4.69, 9.17) is 9.47 Å². The third-order valence-electron chi connectivity index (χ3n) is 4.32. The van der Waals surface area contributed by atoms with Crippen molar-refractivity contribution in [2.45, 2.75) is 26.5 Å². The summed E-state index contributed by atoms with van der Waals surface area (Å²) in [6.07, 6.45) is 0. The van der Waals surface area contributed by atoms with Gasteiger partial charge in [-0.15, -0.1) is 0 Å². The van der Waals surface area contributed by atoms with Gasteiger partial charge in [0.05, 0.1) is 19.8 Å². The molecular weight excluding hydrogens is 374 g/mol. The third kappa shape index (κ3) is 6.07. The Morgan fingerprint density at radius 2 is 1.48 bits per heavy atom. The number of carbonyl (C=O) groups is 3. The number of ether oxygens (including phenoxy) is 3. The van der Waals surface area contributed by atoms with E-state index in [2.05, 4.69) is 10.1 Å². The van der Waals surface area contributed by atoms with E-state index >= 15 is 0 Å². The average Bonchev–Trinajstić information content (AvgIpc) is 2.75. The van der Waals surface area contributed by atoms with E-state index in [1.54, 1.807) is 55.6 Å². The Hall–Kier alpha value is -3.35. The van der Waals surface area contributed by atoms with Gasteiger partial charge in [0, 0.05) is 5.56 Å². The molecule has 7 heteroatoms. The van der Waals surface area contributed by atoms with Crippen LogP contribution in [0.25, 0.3) is 0 Å². The molecule has 0 spiro atoms. The summed E-state index contributed by atoms with van der Waals surface area (Å²) in [6.45, 7) is 3.68. The van der Waals surface area contributed by atoms with Crippen LogP contribution in [0.2, 0.25) is 0 Å². The quantitative estimate of drug-likeness (QED) is 0.687. The summed E-state index contributed by atoms with van der Waals surface area (Å²) in [7, 11) is 2.85. The minimum atomic E-state index is -0.793. The molecule has 0 heterocycles. The van der Waals surface area contributed by atoms with Gasteiger partial charge in [0.15, 0.2) is 0 Å². The van der Waals surface area contributed by atoms with Crippen molar-refractivity contribution in [2.75, 3.05) is 14.2 Å². The van der Waals surface area contributed by atoms with Gasteiger partial charge in [0.1, 0.15) is 18.4 Å². The maximum Gasteiger partial charge on any atom is 0.337 e. The van der Waals surface area contributed by atoms with E-state index in [1.165, 1.54) is 7.11 Å². The summed E-state index contributed by atoms with van der Waals surface area (Å²) in [6, 6.07) is 12.4. The highest BCUT2D eigenvalue weighted by Crippen LogP contribution is 2.13. The minimum Gasteiger partial charge on any atom is -0.497 e. The first-order valence-electron chi connectivity index (χ1n) is 9.14. The van der Waals surface area contributed by atoms with Crippen molar-refractivity contribution in [3.05, 3.63) is 65.2 Å². The van der Waals surface area contributed by atoms with Crippen LogP contribution in [-0.2, 0) is 20.9 Å². The summed E-state index contributed by atoms with van der Waals surface area (Å²) in [5.74, 6) is -0.856. The van der Waals surface area contributed by atoms with E-state index in [0.717, 1.165) is 5.56 Å². The Morgan fingerprint density at radius 3 is 2.00 bits per heavy atom. The highest BCUT2D eigenvalue weighted by molar-refractivity contribution is 5.97. The molecule has 1 N–H and O–H groups in total. The number of hydrogen-bond donors (Lipinski definition) is 1. The van der Waals surface area contributed by atoms with E-state index in [0.29, 0.717) is 16.9 Å². The molecule has 0 aliphatic carbocycles. The van der Waals surface area contributed by atoms with Gasteiger partial charge in [-0.05, 0) is 47.9 Å². The van der Waals surface area contributed by atoms with Gasteiger partial charge < -0.3 is 19.5 Å². The summed E-state index contributed by atoms with van der Waals surface area (Å²) in [5, 5.41) is 2.72. The number of hydrogen-bond acceptors (Lipinski definition) is 6. The molecule has 0 fully saturated rings. The first-order valence-corrected chi connectivity index (χ1v) is 9.14. The standard InChI is InChI=1S/C22H25NO6/c1-14(2)19(23-20(24)16-9-11-18(27-3)12-10-16)22(26)29-13-15-5-7-17(8-6-15)21(25)28-4/h5-12,14,19H,13H2,1-4H3,(H,23,24)/t19-/m0/s1. The Kier molecular flexibility index (Phi) is 7.77. The van der Waals surface area contributed by atoms with Crippen molar-refractivity contribution in [2.24, 2.45) is 5.92 Å². The van der Waals surface area contributed by atoms with E-state index < -0.39 is 18.0 Å². The lowest BCUT2D eigenvalue weighted by molar-refractivity contribution is -0.148. The summed E-state index contributed by atoms with van der Waals surface area (Å²) in [5.41, 5.74) is 1.55. The fourth-order valence-electron chi connectivity index (χ4n) is 2.56. The zero-order chi connectivity index (χ0) is 21.4. The average molecular weight is 399 g/mol. The van der Waals surface area contributed by atoms with Crippen LogP contribution < -0.4 is 10.1 Å². The number of rotatable bonds is 8. The number of benzene rings is 2. The SMILES string of the molecule is COC(=O)c1ccc(COC(=O)[C@@H](NC(=O)c2ccc(OC)cc2)C(C)C)cc1. The lowest BCUT2D eigenvalue weighted by Gasteiger charge is -2.21. The first kappa shape index (κ1) is 21.9. The van der Waals surface area contributed by atoms with E-state index in [9.17, 15) is 14.4 Å². The first-order chi connectivity index (χ1) is 13.8. The second-order valence-electron chi connectivity index (χ2n) is 6.72. The number of amides is 1. The highest BCUT2D eigenvalue weighted by Gasteiger charge is 2.26. The summed E-state index contributed by atoms with van der Waals surface area (Å²) in [4.78, 5) is 36.4. The summed E-state index contributed by atoms with van der Waals surface area (Å²) < 4.78 is 15.1. The van der Waals surface area contributed by atoms with Gasteiger partial charge in [-0.3, -0.25) is 4.79 Å². The summed E-state index contributed by atoms with van der Waals surface area (Å²) >= 11 is 0. The van der Waals surface area contributed by atoms with Crippen molar-refractivity contribution in [1.29, 1.82) is 0 Å². The molecule has 1 amide bonds. The molecule has 154 valence electrons. The van der Waals surface area contributed by atoms with E-state index in [-0.39, 0.29) is 18.4 Å². The zero-order valence-corrected chi connectivity index (χ0v) is 16.9. The molecule has 0 unspecified atom stereocenters. The molecule has 29 heavy (non-hydrogen) atoms. The van der Waals surface area contributed by atoms with Crippen LogP contribution in [0, 0.1) is 5.92 Å². The molecule has 0 saturated carbocycles. The normalized spacial score (nSPS) is 11.5. The smallest absolute Gasteiger partial charge is 0.337 e. The monoisotopic (exact) mass is 399 g/mol. The van der Waals surface area contributed by atoms with E-state index in [1.807, 2.05) is 13.8 Å². The van der Waals surface area contributed by atoms with Crippen molar-refractivity contribution in [3.63, 3.8) is 0 Å². The van der Waals surface area contributed by atoms with Crippen LogP contribution >= 0.6 is 0 Å². The lowest BCUT2D eigenvalue weighted by atomic mass is 10.0. The Labute approximate surface area is 170 Å². The molecule has 1 atom stereocenters. The number of nitrogens with one attached hydrogen (secondary N) is 1. The molecule has 0 aliphatic rings. The molecule has 0 bridgehead atoms. The second kappa shape index (κ2) is 10.3. The van der Waals surface area contributed by atoms with Crippen LogP contribution in [0.1, 0.15) is 40.1 Å². The van der Waals surface area contributed by atoms with Gasteiger partial charge in [0.2, 0.25) is 0 Å². The van der Waals surface area contributed by atoms with Crippen LogP contribution in [-0.4, -0.2) is 38.1 Å². The predicted molar refractivity (Wildman–Crippen MR) is 107 cm³/mol. The van der Waals surface area contributed by atoms with Crippen molar-refractivity contribution < 1.29 is 28.6 Å². The molecule has 2 rings (SSSR count). The topological polar surface area (TPSA) is 90.9 Å². The predicted octanol–water partition coefficient (Wildman–Crippen LogP) is 2.98.